The first kappa shape index (κ1) is 18.1. The lowest BCUT2D eigenvalue weighted by Crippen LogP contribution is -2.19. The summed E-state index contributed by atoms with van der Waals surface area (Å²) in [5, 5.41) is 7.65. The van der Waals surface area contributed by atoms with Crippen molar-refractivity contribution in [3.63, 3.8) is 0 Å². The van der Waals surface area contributed by atoms with Crippen LogP contribution in [0.2, 0.25) is 0 Å². The summed E-state index contributed by atoms with van der Waals surface area (Å²) in [5.74, 6) is -0.104. The van der Waals surface area contributed by atoms with Gasteiger partial charge in [-0.2, -0.15) is 5.10 Å². The fourth-order valence-electron chi connectivity index (χ4n) is 3.50. The second kappa shape index (κ2) is 6.42. The van der Waals surface area contributed by atoms with Crippen molar-refractivity contribution >= 4 is 43.0 Å². The number of hydrogen-bond donors (Lipinski definition) is 1. The molecule has 4 rings (SSSR count). The number of hydrogen-bond acceptors (Lipinski definition) is 5. The Morgan fingerprint density at radius 2 is 2.15 bits per heavy atom. The normalized spacial score (nSPS) is 18.9. The first-order valence-corrected chi connectivity index (χ1v) is 11.1. The molecule has 6 nitrogen and oxygen atoms in total. The van der Waals surface area contributed by atoms with Crippen molar-refractivity contribution in [3.05, 3.63) is 46.2 Å². The van der Waals surface area contributed by atoms with Gasteiger partial charge in [-0.25, -0.2) is 17.5 Å². The van der Waals surface area contributed by atoms with E-state index in [1.807, 2.05) is 0 Å². The minimum Gasteiger partial charge on any atom is -0.306 e. The molecule has 1 fully saturated rings. The molecule has 9 heteroatoms. The van der Waals surface area contributed by atoms with Gasteiger partial charge in [-0.3, -0.25) is 4.79 Å². The molecule has 3 heterocycles. The number of aryl methyl sites for hydroxylation is 2. The Hall–Kier alpha value is -2.26. The molecule has 1 amide bonds. The lowest BCUT2D eigenvalue weighted by atomic mass is 10.1. The molecule has 0 bridgehead atoms. The second-order valence-corrected chi connectivity index (χ2v) is 10.1. The van der Waals surface area contributed by atoms with Crippen LogP contribution >= 0.6 is 11.3 Å². The Morgan fingerprint density at radius 1 is 1.37 bits per heavy atom. The lowest BCUT2D eigenvalue weighted by molar-refractivity contribution is 0.102. The zero-order valence-electron chi connectivity index (χ0n) is 14.8. The fraction of sp³-hybridized carbons (Fsp3) is 0.333. The topological polar surface area (TPSA) is 81.1 Å². The molecular formula is C18H18FN3O3S2. The summed E-state index contributed by atoms with van der Waals surface area (Å²) in [6.45, 7) is 3.51. The van der Waals surface area contributed by atoms with E-state index in [4.69, 9.17) is 0 Å². The SMILES string of the molecule is Cc1cc(NC(=O)c2sc3cccc(F)c3c2C)n([C@H]2CCS(=O)(=O)C2)n1. The molecule has 1 saturated heterocycles. The first-order valence-electron chi connectivity index (χ1n) is 8.51. The third kappa shape index (κ3) is 3.25. The number of halogens is 1. The van der Waals surface area contributed by atoms with E-state index in [1.54, 1.807) is 36.7 Å². The molecule has 0 spiro atoms. The summed E-state index contributed by atoms with van der Waals surface area (Å²) in [6.07, 6.45) is 0.472. The molecular weight excluding hydrogens is 389 g/mol. The average Bonchev–Trinajstić information content (AvgIpc) is 3.23. The number of anilines is 1. The minimum atomic E-state index is -3.07. The Kier molecular flexibility index (Phi) is 4.31. The summed E-state index contributed by atoms with van der Waals surface area (Å²) in [4.78, 5) is 13.3. The molecule has 0 saturated carbocycles. The number of aromatic nitrogens is 2. The van der Waals surface area contributed by atoms with E-state index in [2.05, 4.69) is 10.4 Å². The largest absolute Gasteiger partial charge is 0.306 e. The zero-order chi connectivity index (χ0) is 19.3. The molecule has 0 aliphatic carbocycles. The van der Waals surface area contributed by atoms with Gasteiger partial charge < -0.3 is 5.32 Å². The molecule has 1 aromatic carbocycles. The van der Waals surface area contributed by atoms with Crippen molar-refractivity contribution in [2.24, 2.45) is 0 Å². The van der Waals surface area contributed by atoms with Gasteiger partial charge in [0.25, 0.3) is 5.91 Å². The van der Waals surface area contributed by atoms with Gasteiger partial charge >= 0.3 is 0 Å². The highest BCUT2D eigenvalue weighted by Gasteiger charge is 2.31. The van der Waals surface area contributed by atoms with Gasteiger partial charge in [0.1, 0.15) is 11.6 Å². The fourth-order valence-corrected chi connectivity index (χ4v) is 6.31. The quantitative estimate of drug-likeness (QED) is 0.721. The van der Waals surface area contributed by atoms with Crippen molar-refractivity contribution in [2.75, 3.05) is 16.8 Å². The van der Waals surface area contributed by atoms with E-state index in [1.165, 1.54) is 17.4 Å². The van der Waals surface area contributed by atoms with Gasteiger partial charge in [-0.1, -0.05) is 6.07 Å². The van der Waals surface area contributed by atoms with Crippen LogP contribution in [0.25, 0.3) is 10.1 Å². The van der Waals surface area contributed by atoms with Gasteiger partial charge in [0, 0.05) is 16.2 Å². The zero-order valence-corrected chi connectivity index (χ0v) is 16.5. The first-order chi connectivity index (χ1) is 12.7. The van der Waals surface area contributed by atoms with Gasteiger partial charge in [0.05, 0.1) is 28.1 Å². The number of sulfone groups is 1. The summed E-state index contributed by atoms with van der Waals surface area (Å²) < 4.78 is 40.0. The van der Waals surface area contributed by atoms with Crippen molar-refractivity contribution in [3.8, 4) is 0 Å². The van der Waals surface area contributed by atoms with E-state index in [9.17, 15) is 17.6 Å². The molecule has 1 aliphatic heterocycles. The third-order valence-electron chi connectivity index (χ3n) is 4.76. The average molecular weight is 407 g/mol. The van der Waals surface area contributed by atoms with Gasteiger partial charge in [-0.05, 0) is 38.0 Å². The summed E-state index contributed by atoms with van der Waals surface area (Å²) >= 11 is 1.23. The summed E-state index contributed by atoms with van der Waals surface area (Å²) in [7, 11) is -3.07. The Morgan fingerprint density at radius 3 is 2.81 bits per heavy atom. The summed E-state index contributed by atoms with van der Waals surface area (Å²) in [6, 6.07) is 6.20. The van der Waals surface area contributed by atoms with Crippen molar-refractivity contribution in [2.45, 2.75) is 26.3 Å². The second-order valence-electron chi connectivity index (χ2n) is 6.80. The van der Waals surface area contributed by atoms with Crippen molar-refractivity contribution < 1.29 is 17.6 Å². The predicted molar refractivity (Wildman–Crippen MR) is 104 cm³/mol. The highest BCUT2D eigenvalue weighted by molar-refractivity contribution is 7.91. The number of nitrogens with one attached hydrogen (secondary N) is 1. The maximum Gasteiger partial charge on any atom is 0.267 e. The van der Waals surface area contributed by atoms with Crippen LogP contribution in [0, 0.1) is 19.7 Å². The van der Waals surface area contributed by atoms with Crippen LogP contribution in [0.4, 0.5) is 10.2 Å². The predicted octanol–water partition coefficient (Wildman–Crippen LogP) is 3.47. The van der Waals surface area contributed by atoms with Crippen LogP contribution in [0.15, 0.2) is 24.3 Å². The maximum absolute atomic E-state index is 14.1. The number of nitrogens with zero attached hydrogens (tertiary/aromatic N) is 2. The molecule has 1 N–H and O–H groups in total. The number of amides is 1. The van der Waals surface area contributed by atoms with Crippen LogP contribution in [-0.2, 0) is 9.84 Å². The third-order valence-corrected chi connectivity index (χ3v) is 7.77. The lowest BCUT2D eigenvalue weighted by Gasteiger charge is -2.13. The number of thiophene rings is 1. The molecule has 3 aromatic rings. The molecule has 2 aromatic heterocycles. The molecule has 142 valence electrons. The molecule has 0 radical (unpaired) electrons. The van der Waals surface area contributed by atoms with E-state index in [-0.39, 0.29) is 29.3 Å². The monoisotopic (exact) mass is 407 g/mol. The highest BCUT2D eigenvalue weighted by Crippen LogP contribution is 2.33. The number of fused-ring (bicyclic) bond motifs is 1. The Bertz CT molecular complexity index is 1160. The summed E-state index contributed by atoms with van der Waals surface area (Å²) in [5.41, 5.74) is 1.28. The van der Waals surface area contributed by atoms with Crippen LogP contribution in [0.3, 0.4) is 0 Å². The van der Waals surface area contributed by atoms with E-state index in [0.717, 1.165) is 0 Å². The van der Waals surface area contributed by atoms with E-state index in [0.29, 0.717) is 38.5 Å². The maximum atomic E-state index is 14.1. The van der Waals surface area contributed by atoms with Crippen molar-refractivity contribution in [1.29, 1.82) is 0 Å². The van der Waals surface area contributed by atoms with Crippen LogP contribution in [0.5, 0.6) is 0 Å². The highest BCUT2D eigenvalue weighted by atomic mass is 32.2. The van der Waals surface area contributed by atoms with Gasteiger partial charge in [-0.15, -0.1) is 11.3 Å². The van der Waals surface area contributed by atoms with Crippen molar-refractivity contribution in [1.82, 2.24) is 9.78 Å². The van der Waals surface area contributed by atoms with Crippen LogP contribution in [0.1, 0.15) is 33.4 Å². The van der Waals surface area contributed by atoms with Gasteiger partial charge in [0.2, 0.25) is 0 Å². The smallest absolute Gasteiger partial charge is 0.267 e. The Labute approximate surface area is 159 Å². The molecule has 1 aliphatic rings. The minimum absolute atomic E-state index is 0.0180. The standard InChI is InChI=1S/C18H18FN3O3S2/c1-10-8-15(22(21-10)12-6-7-27(24,25)9-12)20-18(23)17-11(2)16-13(19)4-3-5-14(16)26-17/h3-5,8,12H,6-7,9H2,1-2H3,(H,20,23)/t12-/m0/s1. The molecule has 0 unspecified atom stereocenters. The molecule has 1 atom stereocenters. The molecule has 27 heavy (non-hydrogen) atoms. The van der Waals surface area contributed by atoms with E-state index >= 15 is 0 Å². The number of carbonyl (C=O) groups is 1. The number of benzene rings is 1. The van der Waals surface area contributed by atoms with Gasteiger partial charge in [0.15, 0.2) is 9.84 Å². The number of rotatable bonds is 3. The Balaban J connectivity index is 1.67. The van der Waals surface area contributed by atoms with Crippen LogP contribution < -0.4 is 5.32 Å². The van der Waals surface area contributed by atoms with Crippen LogP contribution in [-0.4, -0.2) is 35.6 Å². The van der Waals surface area contributed by atoms with E-state index < -0.39 is 9.84 Å². The number of carbonyl (C=O) groups excluding carboxylic acids is 1.